The van der Waals surface area contributed by atoms with Gasteiger partial charge in [0.25, 0.3) is 0 Å². The van der Waals surface area contributed by atoms with Gasteiger partial charge in [-0.05, 0) is 20.3 Å². The molecule has 0 amide bonds. The molecule has 0 bridgehead atoms. The largest absolute Gasteiger partial charge is 0.353 e. The van der Waals surface area contributed by atoms with Gasteiger partial charge in [-0.15, -0.1) is 0 Å². The van der Waals surface area contributed by atoms with E-state index in [0.29, 0.717) is 0 Å². The van der Waals surface area contributed by atoms with Crippen molar-refractivity contribution in [1.29, 1.82) is 0 Å². The Morgan fingerprint density at radius 3 is 2.33 bits per heavy atom. The zero-order valence-electron chi connectivity index (χ0n) is 6.52. The van der Waals surface area contributed by atoms with Gasteiger partial charge in [0.2, 0.25) is 0 Å². The maximum absolute atomic E-state index is 5.21. The van der Waals surface area contributed by atoms with Crippen LogP contribution in [0.3, 0.4) is 0 Å². The lowest BCUT2D eigenvalue weighted by molar-refractivity contribution is -0.126. The molecule has 0 fully saturated rings. The van der Waals surface area contributed by atoms with Crippen molar-refractivity contribution in [3.8, 4) is 0 Å². The molecule has 0 spiro atoms. The van der Waals surface area contributed by atoms with Crippen LogP contribution in [0.2, 0.25) is 0 Å². The Bertz CT molecular complexity index is 54.9. The predicted molar refractivity (Wildman–Crippen MR) is 37.3 cm³/mol. The molecule has 0 radical (unpaired) electrons. The SMILES string of the molecule is CCCOC(C)OCC. The molecule has 1 unspecified atom stereocenters. The van der Waals surface area contributed by atoms with E-state index in [9.17, 15) is 0 Å². The fraction of sp³-hybridized carbons (Fsp3) is 1.00. The van der Waals surface area contributed by atoms with Gasteiger partial charge in [-0.1, -0.05) is 6.92 Å². The highest BCUT2D eigenvalue weighted by Crippen LogP contribution is 1.93. The fourth-order valence-electron chi connectivity index (χ4n) is 0.567. The normalized spacial score (nSPS) is 13.7. The molecule has 0 heterocycles. The van der Waals surface area contributed by atoms with E-state index in [2.05, 4.69) is 6.92 Å². The van der Waals surface area contributed by atoms with Gasteiger partial charge >= 0.3 is 0 Å². The molecule has 0 saturated heterocycles. The zero-order chi connectivity index (χ0) is 7.11. The summed E-state index contributed by atoms with van der Waals surface area (Å²) in [6.45, 7) is 7.48. The van der Waals surface area contributed by atoms with Crippen molar-refractivity contribution in [2.75, 3.05) is 13.2 Å². The molecule has 0 N–H and O–H groups in total. The van der Waals surface area contributed by atoms with E-state index in [0.717, 1.165) is 19.6 Å². The molecule has 56 valence electrons. The number of hydrogen-bond acceptors (Lipinski definition) is 2. The molecule has 0 aromatic rings. The summed E-state index contributed by atoms with van der Waals surface area (Å²) in [5, 5.41) is 0. The van der Waals surface area contributed by atoms with Gasteiger partial charge in [0, 0.05) is 13.2 Å². The Hall–Kier alpha value is -0.0800. The summed E-state index contributed by atoms with van der Waals surface area (Å²) in [4.78, 5) is 0. The van der Waals surface area contributed by atoms with E-state index >= 15 is 0 Å². The quantitative estimate of drug-likeness (QED) is 0.531. The molecule has 0 aromatic carbocycles. The maximum Gasteiger partial charge on any atom is 0.154 e. The van der Waals surface area contributed by atoms with Crippen molar-refractivity contribution in [1.82, 2.24) is 0 Å². The summed E-state index contributed by atoms with van der Waals surface area (Å²) < 4.78 is 10.3. The molecule has 0 saturated carbocycles. The summed E-state index contributed by atoms with van der Waals surface area (Å²) >= 11 is 0. The smallest absolute Gasteiger partial charge is 0.154 e. The molecule has 0 rings (SSSR count). The molecule has 0 aliphatic carbocycles. The van der Waals surface area contributed by atoms with E-state index < -0.39 is 0 Å². The first kappa shape index (κ1) is 8.92. The van der Waals surface area contributed by atoms with Gasteiger partial charge in [-0.2, -0.15) is 0 Å². The molecule has 0 aromatic heterocycles. The second kappa shape index (κ2) is 6.05. The number of rotatable bonds is 5. The van der Waals surface area contributed by atoms with Crippen LogP contribution in [0.5, 0.6) is 0 Å². The molecular weight excluding hydrogens is 116 g/mol. The highest BCUT2D eigenvalue weighted by molar-refractivity contribution is 4.30. The highest BCUT2D eigenvalue weighted by Gasteiger charge is 1.96. The standard InChI is InChI=1S/C7H16O2/c1-4-6-9-7(3)8-5-2/h7H,4-6H2,1-3H3. The molecular formula is C7H16O2. The molecule has 2 heteroatoms. The van der Waals surface area contributed by atoms with E-state index in [1.54, 1.807) is 0 Å². The molecule has 0 aliphatic heterocycles. The van der Waals surface area contributed by atoms with Gasteiger partial charge in [0.15, 0.2) is 6.29 Å². The van der Waals surface area contributed by atoms with Crippen LogP contribution in [0.25, 0.3) is 0 Å². The molecule has 1 atom stereocenters. The van der Waals surface area contributed by atoms with Crippen molar-refractivity contribution >= 4 is 0 Å². The number of hydrogen-bond donors (Lipinski definition) is 0. The zero-order valence-corrected chi connectivity index (χ0v) is 6.52. The minimum Gasteiger partial charge on any atom is -0.353 e. The van der Waals surface area contributed by atoms with Crippen LogP contribution in [-0.2, 0) is 9.47 Å². The Balaban J connectivity index is 2.95. The average molecular weight is 132 g/mol. The molecule has 0 aliphatic rings. The van der Waals surface area contributed by atoms with Crippen LogP contribution < -0.4 is 0 Å². The monoisotopic (exact) mass is 132 g/mol. The highest BCUT2D eigenvalue weighted by atomic mass is 16.7. The van der Waals surface area contributed by atoms with Crippen LogP contribution in [-0.4, -0.2) is 19.5 Å². The third-order valence-corrected chi connectivity index (χ3v) is 0.958. The average Bonchev–Trinajstić information content (AvgIpc) is 1.85. The van der Waals surface area contributed by atoms with E-state index in [1.165, 1.54) is 0 Å². The first-order chi connectivity index (χ1) is 4.31. The van der Waals surface area contributed by atoms with Crippen molar-refractivity contribution in [2.45, 2.75) is 33.5 Å². The third kappa shape index (κ3) is 5.80. The van der Waals surface area contributed by atoms with Gasteiger partial charge in [-0.3, -0.25) is 0 Å². The van der Waals surface area contributed by atoms with Crippen LogP contribution in [0.1, 0.15) is 27.2 Å². The Morgan fingerprint density at radius 2 is 1.89 bits per heavy atom. The maximum atomic E-state index is 5.21. The van der Waals surface area contributed by atoms with Crippen molar-refractivity contribution in [2.24, 2.45) is 0 Å². The number of ether oxygens (including phenoxy) is 2. The van der Waals surface area contributed by atoms with E-state index in [4.69, 9.17) is 9.47 Å². The third-order valence-electron chi connectivity index (χ3n) is 0.958. The van der Waals surface area contributed by atoms with Crippen LogP contribution in [0, 0.1) is 0 Å². The van der Waals surface area contributed by atoms with Crippen LogP contribution in [0.4, 0.5) is 0 Å². The van der Waals surface area contributed by atoms with Gasteiger partial charge in [0.1, 0.15) is 0 Å². The molecule has 9 heavy (non-hydrogen) atoms. The first-order valence-corrected chi connectivity index (χ1v) is 3.54. The van der Waals surface area contributed by atoms with Crippen molar-refractivity contribution < 1.29 is 9.47 Å². The Kier molecular flexibility index (Phi) is 5.99. The van der Waals surface area contributed by atoms with Gasteiger partial charge in [0.05, 0.1) is 0 Å². The van der Waals surface area contributed by atoms with Crippen molar-refractivity contribution in [3.63, 3.8) is 0 Å². The lowest BCUT2D eigenvalue weighted by Gasteiger charge is -2.10. The van der Waals surface area contributed by atoms with E-state index in [-0.39, 0.29) is 6.29 Å². The van der Waals surface area contributed by atoms with E-state index in [1.807, 2.05) is 13.8 Å². The van der Waals surface area contributed by atoms with Gasteiger partial charge in [-0.25, -0.2) is 0 Å². The summed E-state index contributed by atoms with van der Waals surface area (Å²) in [5.74, 6) is 0. The first-order valence-electron chi connectivity index (χ1n) is 3.54. The summed E-state index contributed by atoms with van der Waals surface area (Å²) in [7, 11) is 0. The summed E-state index contributed by atoms with van der Waals surface area (Å²) in [6, 6.07) is 0. The van der Waals surface area contributed by atoms with Gasteiger partial charge < -0.3 is 9.47 Å². The predicted octanol–water partition coefficient (Wildman–Crippen LogP) is 1.80. The van der Waals surface area contributed by atoms with Crippen molar-refractivity contribution in [3.05, 3.63) is 0 Å². The topological polar surface area (TPSA) is 18.5 Å². The lowest BCUT2D eigenvalue weighted by Crippen LogP contribution is -2.12. The minimum atomic E-state index is -0.0325. The summed E-state index contributed by atoms with van der Waals surface area (Å²) in [6.07, 6.45) is 1.02. The molecule has 2 nitrogen and oxygen atoms in total. The van der Waals surface area contributed by atoms with Crippen LogP contribution >= 0.6 is 0 Å². The second-order valence-electron chi connectivity index (χ2n) is 1.89. The Morgan fingerprint density at radius 1 is 1.22 bits per heavy atom. The fourth-order valence-corrected chi connectivity index (χ4v) is 0.567. The van der Waals surface area contributed by atoms with Crippen LogP contribution in [0.15, 0.2) is 0 Å². The lowest BCUT2D eigenvalue weighted by atomic mass is 10.5. The minimum absolute atomic E-state index is 0.0325. The Labute approximate surface area is 57.2 Å². The second-order valence-corrected chi connectivity index (χ2v) is 1.89. The summed E-state index contributed by atoms with van der Waals surface area (Å²) in [5.41, 5.74) is 0.